The average Bonchev–Trinajstić information content (AvgIpc) is 2.75. The number of amides is 1. The zero-order valence-corrected chi connectivity index (χ0v) is 28.1. The molecule has 0 spiro atoms. The third-order valence-corrected chi connectivity index (χ3v) is 6.56. The van der Waals surface area contributed by atoms with Crippen LogP contribution >= 0.6 is 0 Å². The summed E-state index contributed by atoms with van der Waals surface area (Å²) >= 11 is 0. The fourth-order valence-electron chi connectivity index (χ4n) is 3.29. The van der Waals surface area contributed by atoms with Gasteiger partial charge in [-0.2, -0.15) is 0 Å². The Kier molecular flexibility index (Phi) is 14.8. The van der Waals surface area contributed by atoms with Crippen molar-refractivity contribution in [3.8, 4) is 11.5 Å². The summed E-state index contributed by atoms with van der Waals surface area (Å²) in [7, 11) is -2.76. The molecule has 0 bridgehead atoms. The van der Waals surface area contributed by atoms with Crippen LogP contribution in [0, 0.1) is 0 Å². The quantitative estimate of drug-likeness (QED) is 0.0984. The summed E-state index contributed by atoms with van der Waals surface area (Å²) < 4.78 is 88.5. The molecule has 0 saturated carbocycles. The second-order valence-electron chi connectivity index (χ2n) is 11.6. The highest BCUT2D eigenvalue weighted by Crippen LogP contribution is 2.28. The van der Waals surface area contributed by atoms with Crippen molar-refractivity contribution in [1.29, 1.82) is 0 Å². The average molecular weight is 671 g/mol. The van der Waals surface area contributed by atoms with E-state index < -0.39 is 46.5 Å². The van der Waals surface area contributed by atoms with Crippen LogP contribution in [0.3, 0.4) is 0 Å². The van der Waals surface area contributed by atoms with Crippen LogP contribution in [0.2, 0.25) is 39.3 Å². The lowest BCUT2D eigenvalue weighted by Gasteiger charge is -2.22. The molecule has 2 rings (SSSR count). The Morgan fingerprint density at radius 3 is 1.48 bits per heavy atom. The van der Waals surface area contributed by atoms with E-state index in [-0.39, 0.29) is 23.5 Å². The van der Waals surface area contributed by atoms with Gasteiger partial charge in [-0.1, -0.05) is 12.1 Å². The van der Waals surface area contributed by atoms with Gasteiger partial charge >= 0.3 is 12.7 Å². The fraction of sp³-hybridized carbons (Fsp3) is 0.464. The lowest BCUT2D eigenvalue weighted by atomic mass is 9.92. The molecule has 0 radical (unpaired) electrons. The molecule has 1 unspecified atom stereocenters. The van der Waals surface area contributed by atoms with Crippen LogP contribution in [0.1, 0.15) is 43.1 Å². The van der Waals surface area contributed by atoms with Crippen molar-refractivity contribution >= 4 is 34.1 Å². The van der Waals surface area contributed by atoms with Crippen molar-refractivity contribution in [1.82, 2.24) is 0 Å². The molecule has 2 aromatic rings. The van der Waals surface area contributed by atoms with Crippen molar-refractivity contribution in [3.05, 3.63) is 59.7 Å². The molecular weight excluding hydrogens is 630 g/mol. The van der Waals surface area contributed by atoms with Crippen LogP contribution < -0.4 is 15.2 Å². The lowest BCUT2D eigenvalue weighted by Crippen LogP contribution is -2.30. The van der Waals surface area contributed by atoms with E-state index in [0.717, 1.165) is 30.2 Å². The number of nitrogens with two attached hydrogens (primary N) is 1. The number of carbonyl (C=O) groups excluding carboxylic acids is 2. The zero-order chi connectivity index (χ0) is 34.7. The van der Waals surface area contributed by atoms with E-state index in [9.17, 15) is 41.0 Å². The van der Waals surface area contributed by atoms with Crippen LogP contribution in [-0.4, -0.2) is 52.0 Å². The largest absolute Gasteiger partial charge is 0.573 e. The minimum Gasteiger partial charge on any atom is -0.535 e. The highest BCUT2D eigenvalue weighted by Gasteiger charge is 2.32. The van der Waals surface area contributed by atoms with Crippen LogP contribution in [0.25, 0.3) is 0 Å². The molecule has 2 aromatic carbocycles. The van der Waals surface area contributed by atoms with Crippen molar-refractivity contribution < 1.29 is 54.9 Å². The highest BCUT2D eigenvalue weighted by molar-refractivity contribution is 6.76. The normalized spacial score (nSPS) is 13.7. The zero-order valence-electron chi connectivity index (χ0n) is 26.1. The van der Waals surface area contributed by atoms with Gasteiger partial charge in [0.25, 0.3) is 0 Å². The smallest absolute Gasteiger partial charge is 0.535 e. The van der Waals surface area contributed by atoms with Gasteiger partial charge in [0, 0.05) is 12.5 Å². The summed E-state index contributed by atoms with van der Waals surface area (Å²) in [5.41, 5.74) is 4.05. The Balaban J connectivity index is 0.000000646. The van der Waals surface area contributed by atoms with Gasteiger partial charge in [0.15, 0.2) is 19.9 Å². The Bertz CT molecular complexity index is 1240. The molecule has 0 aliphatic rings. The molecule has 0 saturated heterocycles. The van der Waals surface area contributed by atoms with Crippen molar-refractivity contribution in [2.45, 2.75) is 84.8 Å². The van der Waals surface area contributed by atoms with E-state index in [1.54, 1.807) is 0 Å². The number of alkyl halides is 6. The van der Waals surface area contributed by atoms with Gasteiger partial charge in [-0.3, -0.25) is 14.2 Å². The molecule has 3 N–H and O–H groups in total. The number of ketones is 1. The first kappa shape index (κ1) is 40.6. The molecule has 1 amide bonds. The van der Waals surface area contributed by atoms with Gasteiger partial charge < -0.3 is 24.7 Å². The first-order chi connectivity index (χ1) is 19.6. The maximum atomic E-state index is 11.9. The number of hydrogen-bond donors (Lipinski definition) is 2. The van der Waals surface area contributed by atoms with E-state index in [4.69, 9.17) is 10.2 Å². The number of rotatable bonds is 8. The molecule has 44 heavy (non-hydrogen) atoms. The maximum Gasteiger partial charge on any atom is 0.573 e. The monoisotopic (exact) mass is 670 g/mol. The topological polar surface area (TPSA) is 120 Å². The summed E-state index contributed by atoms with van der Waals surface area (Å²) in [6, 6.07) is 9.35. The molecule has 0 aliphatic heterocycles. The van der Waals surface area contributed by atoms with Gasteiger partial charge in [-0.15, -0.1) is 26.3 Å². The van der Waals surface area contributed by atoms with Gasteiger partial charge in [-0.05, 0) is 95.1 Å². The summed E-state index contributed by atoms with van der Waals surface area (Å²) in [5.74, 6) is -0.767. The number of benzene rings is 2. The number of carbonyl (C=O) groups is 2. The molecule has 0 aromatic heterocycles. The minimum absolute atomic E-state index is 0.205. The van der Waals surface area contributed by atoms with E-state index >= 15 is 0 Å². The highest BCUT2D eigenvalue weighted by atomic mass is 28.4. The second-order valence-corrected chi connectivity index (χ2v) is 20.6. The maximum absolute atomic E-state index is 11.9. The van der Waals surface area contributed by atoms with Crippen LogP contribution in [0.15, 0.2) is 53.2 Å². The van der Waals surface area contributed by atoms with Crippen LogP contribution in [0.4, 0.5) is 26.3 Å². The predicted molar refractivity (Wildman–Crippen MR) is 161 cm³/mol. The molecule has 8 nitrogen and oxygen atoms in total. The number of ether oxygens (including phenoxy) is 2. The predicted octanol–water partition coefficient (Wildman–Crippen LogP) is 7.55. The fourth-order valence-corrected chi connectivity index (χ4v) is 5.30. The molecule has 1 atom stereocenters. The number of halogens is 6. The van der Waals surface area contributed by atoms with Crippen molar-refractivity contribution in [3.63, 3.8) is 0 Å². The number of nitrogens with zero attached hydrogens (tertiary/aromatic N) is 1. The molecule has 16 heteroatoms. The SMILES string of the molecule is CC(=N[Si](C)(C)C)O[Si](C)(C)C.CC(=O)c1ccc(OC(F)(F)F)cc1.CC(O)(CC(N)=O)c1ccc(OC(F)(F)F)cc1. The number of hydrogen-bond acceptors (Lipinski definition) is 7. The molecule has 0 aliphatic carbocycles. The second kappa shape index (κ2) is 16.1. The molecular formula is C28H40F6N2O6Si2. The number of aliphatic hydroxyl groups is 1. The standard InChI is InChI=1S/C11H12F3NO3.C9H7F3O2.C8H21NOSi2/c1-10(17,6-9(15)16)7-2-4-8(5-3-7)18-11(12,13)14;1-6(13)7-2-4-8(5-3-7)14-9(10,11)12;1-8(9-11(2,3)4)10-12(5,6)7/h2-5,17H,6H2,1H3,(H2,15,16);2-5H,1H3;1-7H3. The van der Waals surface area contributed by atoms with Gasteiger partial charge in [-0.25, -0.2) is 0 Å². The first-order valence-corrected chi connectivity index (χ1v) is 19.9. The summed E-state index contributed by atoms with van der Waals surface area (Å²) in [6.07, 6.45) is -9.79. The number of Topliss-reactive ketones (excluding diaryl/α,β-unsaturated/α-hetero) is 1. The van der Waals surface area contributed by atoms with E-state index in [2.05, 4.69) is 53.4 Å². The minimum atomic E-state index is -4.77. The molecule has 0 fully saturated rings. The van der Waals surface area contributed by atoms with Crippen molar-refractivity contribution in [2.24, 2.45) is 10.4 Å². The third kappa shape index (κ3) is 20.5. The van der Waals surface area contributed by atoms with E-state index in [1.165, 1.54) is 38.1 Å². The summed E-state index contributed by atoms with van der Waals surface area (Å²) in [6.45, 7) is 17.8. The summed E-state index contributed by atoms with van der Waals surface area (Å²) in [5, 5.41) is 9.92. The van der Waals surface area contributed by atoms with E-state index in [0.29, 0.717) is 5.56 Å². The van der Waals surface area contributed by atoms with Crippen LogP contribution in [-0.2, 0) is 14.8 Å². The van der Waals surface area contributed by atoms with Crippen LogP contribution in [0.5, 0.6) is 11.5 Å². The first-order valence-electron chi connectivity index (χ1n) is 13.1. The lowest BCUT2D eigenvalue weighted by molar-refractivity contribution is -0.275. The Morgan fingerprint density at radius 2 is 1.18 bits per heavy atom. The van der Waals surface area contributed by atoms with Gasteiger partial charge in [0.1, 0.15) is 11.5 Å². The molecule has 248 valence electrons. The Hall–Kier alpha value is -3.38. The van der Waals surface area contributed by atoms with Gasteiger partial charge in [0.05, 0.1) is 12.0 Å². The van der Waals surface area contributed by atoms with Gasteiger partial charge in [0.2, 0.25) is 14.2 Å². The third-order valence-electron chi connectivity index (χ3n) is 4.67. The van der Waals surface area contributed by atoms with E-state index in [1.807, 2.05) is 6.92 Å². The number of primary amides is 1. The Labute approximate surface area is 255 Å². The molecule has 0 heterocycles. The van der Waals surface area contributed by atoms with Crippen molar-refractivity contribution in [2.75, 3.05) is 0 Å². The summed E-state index contributed by atoms with van der Waals surface area (Å²) in [4.78, 5) is 21.5. The Morgan fingerprint density at radius 1 is 0.795 bits per heavy atom.